The van der Waals surface area contributed by atoms with Crippen molar-refractivity contribution < 1.29 is 13.2 Å². The molecule has 0 saturated carbocycles. The fraction of sp³-hybridized carbons (Fsp3) is 0.400. The number of amides is 1. The molecule has 2 aromatic carbocycles. The van der Waals surface area contributed by atoms with Crippen molar-refractivity contribution in [2.24, 2.45) is 5.92 Å². The highest BCUT2D eigenvalue weighted by Crippen LogP contribution is 2.21. The van der Waals surface area contributed by atoms with E-state index in [-0.39, 0.29) is 16.6 Å². The molecular weight excluding hydrogens is 408 g/mol. The molecule has 0 atom stereocenters. The number of hydrogen-bond acceptors (Lipinski definition) is 4. The second-order valence-electron chi connectivity index (χ2n) is 8.32. The number of piperidine rings is 1. The second-order valence-corrected chi connectivity index (χ2v) is 10.3. The molecule has 1 aliphatic heterocycles. The zero-order valence-electron chi connectivity index (χ0n) is 18.2. The molecule has 3 rings (SSSR count). The molecule has 5 nitrogen and oxygen atoms in total. The molecule has 0 N–H and O–H groups in total. The minimum absolute atomic E-state index is 0.0490. The third kappa shape index (κ3) is 6.52. The van der Waals surface area contributed by atoms with Crippen molar-refractivity contribution in [2.45, 2.75) is 29.9 Å². The van der Waals surface area contributed by atoms with Crippen LogP contribution in [0.4, 0.5) is 0 Å². The van der Waals surface area contributed by atoms with Crippen LogP contribution in [-0.2, 0) is 15.6 Å². The van der Waals surface area contributed by atoms with Crippen molar-refractivity contribution in [1.29, 1.82) is 0 Å². The highest BCUT2D eigenvalue weighted by molar-refractivity contribution is 7.90. The Hall–Kier alpha value is -2.44. The standard InChI is InChI=1S/C25H32N2O3S/c1-3-16-27-18-14-21(15-19-27)13-17-26(2)25(28)23-9-11-24(12-10-23)31(29,30)20-22-7-5-4-6-8-22/h3-12,21H,1,13-20H2,2H3. The van der Waals surface area contributed by atoms with Crippen LogP contribution in [0.1, 0.15) is 35.2 Å². The van der Waals surface area contributed by atoms with Crippen LogP contribution in [0.2, 0.25) is 0 Å². The van der Waals surface area contributed by atoms with Gasteiger partial charge in [-0.2, -0.15) is 0 Å². The van der Waals surface area contributed by atoms with Gasteiger partial charge in [-0.1, -0.05) is 36.4 Å². The summed E-state index contributed by atoms with van der Waals surface area (Å²) in [5.41, 5.74) is 1.26. The van der Waals surface area contributed by atoms with Crippen LogP contribution in [0.15, 0.2) is 72.1 Å². The van der Waals surface area contributed by atoms with E-state index in [1.54, 1.807) is 29.2 Å². The quantitative estimate of drug-likeness (QED) is 0.553. The third-order valence-corrected chi connectivity index (χ3v) is 7.68. The third-order valence-electron chi connectivity index (χ3n) is 5.97. The number of carbonyl (C=O) groups excluding carboxylic acids is 1. The van der Waals surface area contributed by atoms with E-state index in [1.807, 2.05) is 31.3 Å². The summed E-state index contributed by atoms with van der Waals surface area (Å²) < 4.78 is 25.3. The molecule has 0 spiro atoms. The highest BCUT2D eigenvalue weighted by atomic mass is 32.2. The Morgan fingerprint density at radius 3 is 2.35 bits per heavy atom. The minimum Gasteiger partial charge on any atom is -0.342 e. The largest absolute Gasteiger partial charge is 0.342 e. The first-order valence-electron chi connectivity index (χ1n) is 10.8. The van der Waals surface area contributed by atoms with Crippen molar-refractivity contribution in [3.63, 3.8) is 0 Å². The molecule has 0 unspecified atom stereocenters. The van der Waals surface area contributed by atoms with E-state index < -0.39 is 9.84 Å². The van der Waals surface area contributed by atoms with Gasteiger partial charge >= 0.3 is 0 Å². The van der Waals surface area contributed by atoms with E-state index in [2.05, 4.69) is 11.5 Å². The number of hydrogen-bond donors (Lipinski definition) is 0. The lowest BCUT2D eigenvalue weighted by Crippen LogP contribution is -2.35. The van der Waals surface area contributed by atoms with Gasteiger partial charge in [0.25, 0.3) is 5.91 Å². The number of likely N-dealkylation sites (tertiary alicyclic amines) is 1. The second kappa shape index (κ2) is 10.7. The normalized spacial score (nSPS) is 15.5. The van der Waals surface area contributed by atoms with Gasteiger partial charge in [0.1, 0.15) is 0 Å². The average molecular weight is 441 g/mol. The van der Waals surface area contributed by atoms with Crippen LogP contribution in [0, 0.1) is 5.92 Å². The molecule has 0 radical (unpaired) electrons. The number of benzene rings is 2. The molecule has 0 bridgehead atoms. The van der Waals surface area contributed by atoms with Gasteiger partial charge in [0.15, 0.2) is 9.84 Å². The summed E-state index contributed by atoms with van der Waals surface area (Å²) in [5, 5.41) is 0. The SMILES string of the molecule is C=CCN1CCC(CCN(C)C(=O)c2ccc(S(=O)(=O)Cc3ccccc3)cc2)CC1. The van der Waals surface area contributed by atoms with Gasteiger partial charge in [0, 0.05) is 25.7 Å². The van der Waals surface area contributed by atoms with Crippen LogP contribution >= 0.6 is 0 Å². The van der Waals surface area contributed by atoms with E-state index in [1.165, 1.54) is 12.1 Å². The Morgan fingerprint density at radius 2 is 1.74 bits per heavy atom. The molecule has 0 aromatic heterocycles. The monoisotopic (exact) mass is 440 g/mol. The Labute approximate surface area is 186 Å². The van der Waals surface area contributed by atoms with Crippen LogP contribution in [-0.4, -0.2) is 57.4 Å². The fourth-order valence-electron chi connectivity index (χ4n) is 4.02. The van der Waals surface area contributed by atoms with Crippen LogP contribution in [0.5, 0.6) is 0 Å². The van der Waals surface area contributed by atoms with Gasteiger partial charge in [0.2, 0.25) is 0 Å². The molecule has 0 aliphatic carbocycles. The van der Waals surface area contributed by atoms with E-state index in [4.69, 9.17) is 0 Å². The number of rotatable bonds is 9. The van der Waals surface area contributed by atoms with Crippen molar-refractivity contribution >= 4 is 15.7 Å². The summed E-state index contributed by atoms with van der Waals surface area (Å²) in [6.07, 6.45) is 5.26. The molecule has 1 fully saturated rings. The summed E-state index contributed by atoms with van der Waals surface area (Å²) >= 11 is 0. The van der Waals surface area contributed by atoms with Crippen molar-refractivity contribution in [3.8, 4) is 0 Å². The van der Waals surface area contributed by atoms with Gasteiger partial charge in [0.05, 0.1) is 10.6 Å². The molecule has 31 heavy (non-hydrogen) atoms. The van der Waals surface area contributed by atoms with Gasteiger partial charge in [-0.15, -0.1) is 6.58 Å². The van der Waals surface area contributed by atoms with Crippen LogP contribution in [0.3, 0.4) is 0 Å². The van der Waals surface area contributed by atoms with Crippen molar-refractivity contribution in [2.75, 3.05) is 33.2 Å². The maximum Gasteiger partial charge on any atom is 0.253 e. The van der Waals surface area contributed by atoms with E-state index >= 15 is 0 Å². The maximum absolute atomic E-state index is 12.8. The lowest BCUT2D eigenvalue weighted by atomic mass is 9.93. The van der Waals surface area contributed by atoms with Crippen LogP contribution < -0.4 is 0 Å². The first-order chi connectivity index (χ1) is 14.9. The Balaban J connectivity index is 1.53. The molecular formula is C25H32N2O3S. The van der Waals surface area contributed by atoms with Crippen LogP contribution in [0.25, 0.3) is 0 Å². The smallest absolute Gasteiger partial charge is 0.253 e. The average Bonchev–Trinajstić information content (AvgIpc) is 2.78. The maximum atomic E-state index is 12.8. The Kier molecular flexibility index (Phi) is 8.04. The first kappa shape index (κ1) is 23.2. The summed E-state index contributed by atoms with van der Waals surface area (Å²) in [4.78, 5) is 17.1. The zero-order valence-corrected chi connectivity index (χ0v) is 19.1. The topological polar surface area (TPSA) is 57.7 Å². The fourth-order valence-corrected chi connectivity index (χ4v) is 5.37. The van der Waals surface area contributed by atoms with Crippen molar-refractivity contribution in [3.05, 3.63) is 78.4 Å². The van der Waals surface area contributed by atoms with Gasteiger partial charge in [-0.25, -0.2) is 8.42 Å². The highest BCUT2D eigenvalue weighted by Gasteiger charge is 2.21. The lowest BCUT2D eigenvalue weighted by molar-refractivity contribution is 0.0778. The number of nitrogens with zero attached hydrogens (tertiary/aromatic N) is 2. The molecule has 1 saturated heterocycles. The predicted molar refractivity (Wildman–Crippen MR) is 125 cm³/mol. The van der Waals surface area contributed by atoms with E-state index in [0.717, 1.165) is 44.5 Å². The van der Waals surface area contributed by atoms with E-state index in [0.29, 0.717) is 18.0 Å². The zero-order chi connectivity index (χ0) is 22.3. The number of carbonyl (C=O) groups is 1. The van der Waals surface area contributed by atoms with Gasteiger partial charge in [-0.3, -0.25) is 9.69 Å². The van der Waals surface area contributed by atoms with E-state index in [9.17, 15) is 13.2 Å². The molecule has 2 aromatic rings. The summed E-state index contributed by atoms with van der Waals surface area (Å²) in [6.45, 7) is 7.63. The Morgan fingerprint density at radius 1 is 1.10 bits per heavy atom. The Bertz CT molecular complexity index is 964. The van der Waals surface area contributed by atoms with Gasteiger partial charge < -0.3 is 4.90 Å². The summed E-state index contributed by atoms with van der Waals surface area (Å²) in [6, 6.07) is 15.4. The molecule has 6 heteroatoms. The predicted octanol–water partition coefficient (Wildman–Crippen LogP) is 4.02. The molecule has 166 valence electrons. The molecule has 1 amide bonds. The van der Waals surface area contributed by atoms with Gasteiger partial charge in [-0.05, 0) is 68.1 Å². The molecule has 1 heterocycles. The number of sulfone groups is 1. The molecule has 1 aliphatic rings. The van der Waals surface area contributed by atoms with Crippen molar-refractivity contribution in [1.82, 2.24) is 9.80 Å². The lowest BCUT2D eigenvalue weighted by Gasteiger charge is -2.32. The minimum atomic E-state index is -3.44. The summed E-state index contributed by atoms with van der Waals surface area (Å²) in [7, 11) is -1.63. The first-order valence-corrected chi connectivity index (χ1v) is 12.5. The summed E-state index contributed by atoms with van der Waals surface area (Å²) in [5.74, 6) is 0.519.